The van der Waals surface area contributed by atoms with Crippen LogP contribution in [0.5, 0.6) is 5.75 Å². The van der Waals surface area contributed by atoms with E-state index in [0.29, 0.717) is 10.8 Å². The summed E-state index contributed by atoms with van der Waals surface area (Å²) >= 11 is 5.99. The van der Waals surface area contributed by atoms with E-state index in [9.17, 15) is 10.1 Å². The van der Waals surface area contributed by atoms with E-state index in [1.807, 2.05) is 18.2 Å². The molecule has 0 aliphatic rings. The van der Waals surface area contributed by atoms with Crippen molar-refractivity contribution in [2.24, 2.45) is 0 Å². The Bertz CT molecular complexity index is 695. The number of nitrogens with zero attached hydrogens (tertiary/aromatic N) is 2. The minimum Gasteiger partial charge on any atom is -0.489 e. The number of rotatable bonds is 4. The maximum atomic E-state index is 10.7. The first-order valence-electron chi connectivity index (χ1n) is 5.66. The molecule has 0 atom stereocenters. The van der Waals surface area contributed by atoms with E-state index in [1.54, 1.807) is 12.1 Å². The predicted octanol–water partition coefficient (Wildman–Crippen LogP) is 3.70. The Labute approximate surface area is 120 Å². The highest BCUT2D eigenvalue weighted by molar-refractivity contribution is 6.31. The number of ether oxygens (including phenoxy) is 1. The third kappa shape index (κ3) is 3.05. The van der Waals surface area contributed by atoms with Gasteiger partial charge in [0.15, 0.2) is 0 Å². The molecular formula is C14H9ClN2O3. The van der Waals surface area contributed by atoms with Crippen molar-refractivity contribution in [3.63, 3.8) is 0 Å². The molecule has 5 nitrogen and oxygen atoms in total. The largest absolute Gasteiger partial charge is 0.489 e. The first-order chi connectivity index (χ1) is 9.61. The molecule has 0 radical (unpaired) electrons. The van der Waals surface area contributed by atoms with Crippen LogP contribution in [-0.2, 0) is 6.61 Å². The highest BCUT2D eigenvalue weighted by atomic mass is 35.5. The molecule has 2 aromatic carbocycles. The second-order valence-corrected chi connectivity index (χ2v) is 4.34. The van der Waals surface area contributed by atoms with Gasteiger partial charge in [0, 0.05) is 22.7 Å². The lowest BCUT2D eigenvalue weighted by molar-refractivity contribution is -0.385. The number of nitro groups is 1. The van der Waals surface area contributed by atoms with E-state index < -0.39 is 4.92 Å². The van der Waals surface area contributed by atoms with E-state index in [-0.39, 0.29) is 17.9 Å². The van der Waals surface area contributed by atoms with Crippen LogP contribution in [0.3, 0.4) is 0 Å². The molecule has 0 N–H and O–H groups in total. The monoisotopic (exact) mass is 288 g/mol. The maximum Gasteiger partial charge on any atom is 0.287 e. The fourth-order valence-electron chi connectivity index (χ4n) is 1.63. The molecule has 2 rings (SSSR count). The van der Waals surface area contributed by atoms with Crippen molar-refractivity contribution >= 4 is 17.3 Å². The highest BCUT2D eigenvalue weighted by Crippen LogP contribution is 2.24. The molecule has 6 heteroatoms. The zero-order valence-corrected chi connectivity index (χ0v) is 11.0. The van der Waals surface area contributed by atoms with Crippen molar-refractivity contribution in [2.45, 2.75) is 6.61 Å². The summed E-state index contributed by atoms with van der Waals surface area (Å²) in [6, 6.07) is 13.0. The van der Waals surface area contributed by atoms with Crippen molar-refractivity contribution in [3.05, 3.63) is 68.7 Å². The maximum absolute atomic E-state index is 10.7. The third-order valence-electron chi connectivity index (χ3n) is 2.64. The topological polar surface area (TPSA) is 76.2 Å². The minimum absolute atomic E-state index is 0.0355. The van der Waals surface area contributed by atoms with E-state index in [0.717, 1.165) is 5.56 Å². The SMILES string of the molecule is N#Cc1cc(OCc2ccccc2Cl)ccc1[N+](=O)[O-]. The molecule has 0 saturated heterocycles. The molecule has 100 valence electrons. The Hall–Kier alpha value is -2.58. The molecule has 0 unspecified atom stereocenters. The van der Waals surface area contributed by atoms with E-state index >= 15 is 0 Å². The van der Waals surface area contributed by atoms with Gasteiger partial charge >= 0.3 is 0 Å². The standard InChI is InChI=1S/C14H9ClN2O3/c15-13-4-2-1-3-10(13)9-20-12-5-6-14(17(18)19)11(7-12)8-16/h1-7H,9H2. The zero-order valence-electron chi connectivity index (χ0n) is 10.2. The Kier molecular flexibility index (Phi) is 4.18. The second-order valence-electron chi connectivity index (χ2n) is 3.93. The van der Waals surface area contributed by atoms with Gasteiger partial charge in [-0.05, 0) is 12.1 Å². The molecule has 0 saturated carbocycles. The van der Waals surface area contributed by atoms with Crippen LogP contribution in [0.2, 0.25) is 5.02 Å². The Balaban J connectivity index is 2.17. The molecule has 0 aliphatic heterocycles. The summed E-state index contributed by atoms with van der Waals surface area (Å²) in [5.74, 6) is 0.382. The summed E-state index contributed by atoms with van der Waals surface area (Å²) < 4.78 is 5.49. The Morgan fingerprint density at radius 2 is 2.05 bits per heavy atom. The van der Waals surface area contributed by atoms with Gasteiger partial charge in [-0.1, -0.05) is 29.8 Å². The van der Waals surface area contributed by atoms with Gasteiger partial charge < -0.3 is 4.74 Å². The van der Waals surface area contributed by atoms with Gasteiger partial charge in [0.25, 0.3) is 5.69 Å². The van der Waals surface area contributed by atoms with Crippen LogP contribution in [0.1, 0.15) is 11.1 Å². The molecule has 0 spiro atoms. The van der Waals surface area contributed by atoms with Gasteiger partial charge in [0.2, 0.25) is 0 Å². The molecule has 2 aromatic rings. The number of hydrogen-bond acceptors (Lipinski definition) is 4. The molecule has 0 aliphatic carbocycles. The van der Waals surface area contributed by atoms with Gasteiger partial charge in [0.1, 0.15) is 24.0 Å². The average molecular weight is 289 g/mol. The van der Waals surface area contributed by atoms with Crippen molar-refractivity contribution in [3.8, 4) is 11.8 Å². The second kappa shape index (κ2) is 6.04. The quantitative estimate of drug-likeness (QED) is 0.635. The zero-order chi connectivity index (χ0) is 14.5. The van der Waals surface area contributed by atoms with Gasteiger partial charge in [-0.3, -0.25) is 10.1 Å². The Morgan fingerprint density at radius 1 is 1.30 bits per heavy atom. The fourth-order valence-corrected chi connectivity index (χ4v) is 1.82. The lowest BCUT2D eigenvalue weighted by Gasteiger charge is -2.07. The van der Waals surface area contributed by atoms with Crippen LogP contribution in [0, 0.1) is 21.4 Å². The molecular weight excluding hydrogens is 280 g/mol. The molecule has 0 bridgehead atoms. The van der Waals surface area contributed by atoms with Crippen molar-refractivity contribution in [1.82, 2.24) is 0 Å². The summed E-state index contributed by atoms with van der Waals surface area (Å²) in [7, 11) is 0. The minimum atomic E-state index is -0.601. The van der Waals surface area contributed by atoms with Crippen molar-refractivity contribution < 1.29 is 9.66 Å². The summed E-state index contributed by atoms with van der Waals surface area (Å²) in [6.07, 6.45) is 0. The van der Waals surface area contributed by atoms with Crippen LogP contribution in [0.15, 0.2) is 42.5 Å². The van der Waals surface area contributed by atoms with Crippen LogP contribution in [0.4, 0.5) is 5.69 Å². The lowest BCUT2D eigenvalue weighted by atomic mass is 10.2. The van der Waals surface area contributed by atoms with Crippen LogP contribution in [-0.4, -0.2) is 4.92 Å². The van der Waals surface area contributed by atoms with Gasteiger partial charge in [-0.2, -0.15) is 5.26 Å². The van der Waals surface area contributed by atoms with Gasteiger partial charge in [0.05, 0.1) is 4.92 Å². The van der Waals surface area contributed by atoms with Crippen LogP contribution in [0.25, 0.3) is 0 Å². The Morgan fingerprint density at radius 3 is 2.70 bits per heavy atom. The van der Waals surface area contributed by atoms with Gasteiger partial charge in [-0.25, -0.2) is 0 Å². The fraction of sp³-hybridized carbons (Fsp3) is 0.0714. The number of nitriles is 1. The first-order valence-corrected chi connectivity index (χ1v) is 6.04. The third-order valence-corrected chi connectivity index (χ3v) is 3.01. The molecule has 20 heavy (non-hydrogen) atoms. The molecule has 0 aromatic heterocycles. The summed E-state index contributed by atoms with van der Waals surface area (Å²) in [6.45, 7) is 0.225. The van der Waals surface area contributed by atoms with Crippen molar-refractivity contribution in [2.75, 3.05) is 0 Å². The van der Waals surface area contributed by atoms with E-state index in [4.69, 9.17) is 21.6 Å². The predicted molar refractivity (Wildman–Crippen MR) is 73.6 cm³/mol. The van der Waals surface area contributed by atoms with E-state index in [2.05, 4.69) is 0 Å². The lowest BCUT2D eigenvalue weighted by Crippen LogP contribution is -1.98. The van der Waals surface area contributed by atoms with Crippen LogP contribution >= 0.6 is 11.6 Å². The van der Waals surface area contributed by atoms with Gasteiger partial charge in [-0.15, -0.1) is 0 Å². The normalized spacial score (nSPS) is 9.80. The van der Waals surface area contributed by atoms with E-state index in [1.165, 1.54) is 18.2 Å². The number of nitro benzene ring substituents is 1. The molecule has 0 amide bonds. The molecule has 0 heterocycles. The number of halogens is 1. The smallest absolute Gasteiger partial charge is 0.287 e. The summed E-state index contributed by atoms with van der Waals surface area (Å²) in [5, 5.41) is 20.2. The van der Waals surface area contributed by atoms with Crippen molar-refractivity contribution in [1.29, 1.82) is 5.26 Å². The van der Waals surface area contributed by atoms with Crippen LogP contribution < -0.4 is 4.74 Å². The molecule has 0 fully saturated rings. The average Bonchev–Trinajstić information content (AvgIpc) is 2.46. The summed E-state index contributed by atoms with van der Waals surface area (Å²) in [5.41, 5.74) is 0.523. The number of benzene rings is 2. The highest BCUT2D eigenvalue weighted by Gasteiger charge is 2.14. The first kappa shape index (κ1) is 13.8. The number of hydrogen-bond donors (Lipinski definition) is 0. The summed E-state index contributed by atoms with van der Waals surface area (Å²) in [4.78, 5) is 10.1.